The zero-order chi connectivity index (χ0) is 13.1. The molecule has 1 aliphatic carbocycles. The van der Waals surface area contributed by atoms with E-state index in [2.05, 4.69) is 10.6 Å². The molecule has 0 aromatic carbocycles. The van der Waals surface area contributed by atoms with Gasteiger partial charge < -0.3 is 15.7 Å². The molecule has 2 rings (SSSR count). The second kappa shape index (κ2) is 5.24. The predicted molar refractivity (Wildman–Crippen MR) is 62.1 cm³/mol. The third-order valence-corrected chi connectivity index (χ3v) is 3.14. The van der Waals surface area contributed by atoms with Crippen molar-refractivity contribution in [3.05, 3.63) is 0 Å². The highest BCUT2D eigenvalue weighted by Gasteiger charge is 2.34. The summed E-state index contributed by atoms with van der Waals surface area (Å²) in [6.07, 6.45) is 2.54. The van der Waals surface area contributed by atoms with Gasteiger partial charge in [-0.25, -0.2) is 9.59 Å². The summed E-state index contributed by atoms with van der Waals surface area (Å²) >= 11 is 0. The Labute approximate surface area is 105 Å². The molecule has 1 saturated carbocycles. The number of likely N-dealkylation sites (tertiary alicyclic amines) is 1. The maximum absolute atomic E-state index is 12.1. The number of rotatable bonds is 2. The van der Waals surface area contributed by atoms with Gasteiger partial charge in [-0.2, -0.15) is 0 Å². The monoisotopic (exact) mass is 255 g/mol. The number of nitrogens with zero attached hydrogens (tertiary/aromatic N) is 1. The average Bonchev–Trinajstić information content (AvgIpc) is 3.09. The number of nitrogens with one attached hydrogen (secondary N) is 2. The van der Waals surface area contributed by atoms with Gasteiger partial charge in [-0.3, -0.25) is 9.69 Å². The SMILES string of the molecule is O=C(O)N[C@@H]1CCCCN(C(=O)NC2CC2)C1=O. The van der Waals surface area contributed by atoms with Crippen molar-refractivity contribution in [1.29, 1.82) is 0 Å². The molecule has 1 aliphatic heterocycles. The minimum absolute atomic E-state index is 0.180. The van der Waals surface area contributed by atoms with E-state index >= 15 is 0 Å². The van der Waals surface area contributed by atoms with Crippen LogP contribution in [-0.4, -0.2) is 46.7 Å². The van der Waals surface area contributed by atoms with Crippen LogP contribution in [-0.2, 0) is 4.79 Å². The molecule has 0 spiro atoms. The van der Waals surface area contributed by atoms with E-state index in [-0.39, 0.29) is 6.04 Å². The first kappa shape index (κ1) is 12.7. The quantitative estimate of drug-likeness (QED) is 0.669. The van der Waals surface area contributed by atoms with Crippen LogP contribution in [0, 0.1) is 0 Å². The van der Waals surface area contributed by atoms with Crippen LogP contribution in [0.25, 0.3) is 0 Å². The summed E-state index contributed by atoms with van der Waals surface area (Å²) in [7, 11) is 0. The first-order valence-corrected chi connectivity index (χ1v) is 6.19. The molecule has 0 unspecified atom stereocenters. The molecule has 2 aliphatic rings. The molecule has 1 saturated heterocycles. The molecule has 2 fully saturated rings. The zero-order valence-electron chi connectivity index (χ0n) is 10.0. The van der Waals surface area contributed by atoms with Gasteiger partial charge in [-0.1, -0.05) is 0 Å². The summed E-state index contributed by atoms with van der Waals surface area (Å²) in [4.78, 5) is 35.7. The largest absolute Gasteiger partial charge is 0.465 e. The Hall–Kier alpha value is -1.79. The molecule has 3 N–H and O–H groups in total. The fraction of sp³-hybridized carbons (Fsp3) is 0.727. The van der Waals surface area contributed by atoms with Crippen LogP contribution in [0.4, 0.5) is 9.59 Å². The van der Waals surface area contributed by atoms with Gasteiger partial charge in [0.05, 0.1) is 0 Å². The van der Waals surface area contributed by atoms with E-state index in [9.17, 15) is 14.4 Å². The van der Waals surface area contributed by atoms with E-state index in [0.717, 1.165) is 24.2 Å². The van der Waals surface area contributed by atoms with Crippen molar-refractivity contribution >= 4 is 18.0 Å². The highest BCUT2D eigenvalue weighted by Crippen LogP contribution is 2.20. The Morgan fingerprint density at radius 3 is 2.50 bits per heavy atom. The lowest BCUT2D eigenvalue weighted by Gasteiger charge is -2.22. The minimum atomic E-state index is -1.24. The lowest BCUT2D eigenvalue weighted by atomic mass is 10.1. The second-order valence-electron chi connectivity index (χ2n) is 4.71. The van der Waals surface area contributed by atoms with Gasteiger partial charge in [0, 0.05) is 12.6 Å². The first-order valence-electron chi connectivity index (χ1n) is 6.19. The number of amides is 4. The van der Waals surface area contributed by atoms with Crippen LogP contribution in [0.3, 0.4) is 0 Å². The van der Waals surface area contributed by atoms with Gasteiger partial charge in [0.2, 0.25) is 0 Å². The molecular weight excluding hydrogens is 238 g/mol. The Morgan fingerprint density at radius 1 is 1.17 bits per heavy atom. The lowest BCUT2D eigenvalue weighted by Crippen LogP contribution is -2.52. The van der Waals surface area contributed by atoms with E-state index in [1.54, 1.807) is 0 Å². The molecule has 7 nitrogen and oxygen atoms in total. The number of urea groups is 1. The molecule has 4 amide bonds. The molecule has 1 heterocycles. The number of carbonyl (C=O) groups is 3. The highest BCUT2D eigenvalue weighted by molar-refractivity contribution is 5.98. The summed E-state index contributed by atoms with van der Waals surface area (Å²) in [6.45, 7) is 0.356. The molecule has 0 aromatic heterocycles. The normalized spacial score (nSPS) is 24.3. The van der Waals surface area contributed by atoms with Crippen molar-refractivity contribution in [2.75, 3.05) is 6.54 Å². The van der Waals surface area contributed by atoms with E-state index < -0.39 is 24.1 Å². The lowest BCUT2D eigenvalue weighted by molar-refractivity contribution is -0.129. The van der Waals surface area contributed by atoms with Crippen LogP contribution >= 0.6 is 0 Å². The van der Waals surface area contributed by atoms with Gasteiger partial charge in [-0.15, -0.1) is 0 Å². The van der Waals surface area contributed by atoms with Crippen molar-refractivity contribution in [2.45, 2.75) is 44.2 Å². The van der Waals surface area contributed by atoms with Crippen molar-refractivity contribution in [1.82, 2.24) is 15.5 Å². The third kappa shape index (κ3) is 3.12. The topological polar surface area (TPSA) is 98.7 Å². The Balaban J connectivity index is 2.00. The number of carbonyl (C=O) groups excluding carboxylic acids is 2. The summed E-state index contributed by atoms with van der Waals surface area (Å²) in [6, 6.07) is -1.03. The van der Waals surface area contributed by atoms with Crippen LogP contribution in [0.2, 0.25) is 0 Å². The Bertz CT molecular complexity index is 367. The molecular formula is C11H17N3O4. The highest BCUT2D eigenvalue weighted by atomic mass is 16.4. The number of hydrogen-bond donors (Lipinski definition) is 3. The van der Waals surface area contributed by atoms with E-state index in [1.807, 2.05) is 0 Å². The van der Waals surface area contributed by atoms with Crippen LogP contribution in [0.15, 0.2) is 0 Å². The molecule has 7 heteroatoms. The fourth-order valence-electron chi connectivity index (χ4n) is 2.00. The van der Waals surface area contributed by atoms with Crippen molar-refractivity contribution in [3.8, 4) is 0 Å². The summed E-state index contributed by atoms with van der Waals surface area (Å²) in [5, 5.41) is 13.6. The molecule has 0 bridgehead atoms. The molecule has 100 valence electrons. The van der Waals surface area contributed by atoms with Gasteiger partial charge in [0.15, 0.2) is 0 Å². The van der Waals surface area contributed by atoms with Gasteiger partial charge in [-0.05, 0) is 32.1 Å². The standard InChI is InChI=1S/C11H17N3O4/c15-9-8(13-11(17)18)3-1-2-6-14(9)10(16)12-7-4-5-7/h7-8,13H,1-6H2,(H,12,16)(H,17,18)/t8-/m1/s1. The maximum atomic E-state index is 12.1. The van der Waals surface area contributed by atoms with Crippen LogP contribution in [0.1, 0.15) is 32.1 Å². The summed E-state index contributed by atoms with van der Waals surface area (Å²) in [5.74, 6) is -0.451. The van der Waals surface area contributed by atoms with Crippen molar-refractivity contribution in [2.24, 2.45) is 0 Å². The van der Waals surface area contributed by atoms with Gasteiger partial charge >= 0.3 is 12.1 Å². The fourth-order valence-corrected chi connectivity index (χ4v) is 2.00. The Morgan fingerprint density at radius 2 is 1.89 bits per heavy atom. The number of hydrogen-bond acceptors (Lipinski definition) is 3. The summed E-state index contributed by atoms with van der Waals surface area (Å²) in [5.41, 5.74) is 0. The van der Waals surface area contributed by atoms with Gasteiger partial charge in [0.1, 0.15) is 6.04 Å². The molecule has 1 atom stereocenters. The third-order valence-electron chi connectivity index (χ3n) is 3.14. The smallest absolute Gasteiger partial charge is 0.405 e. The second-order valence-corrected chi connectivity index (χ2v) is 4.71. The van der Waals surface area contributed by atoms with Gasteiger partial charge in [0.25, 0.3) is 5.91 Å². The molecule has 0 radical (unpaired) electrons. The van der Waals surface area contributed by atoms with Crippen molar-refractivity contribution < 1.29 is 19.5 Å². The first-order chi connectivity index (χ1) is 8.58. The zero-order valence-corrected chi connectivity index (χ0v) is 10.0. The van der Waals surface area contributed by atoms with Crippen LogP contribution in [0.5, 0.6) is 0 Å². The predicted octanol–water partition coefficient (Wildman–Crippen LogP) is 0.507. The average molecular weight is 255 g/mol. The number of imide groups is 1. The minimum Gasteiger partial charge on any atom is -0.465 e. The Kier molecular flexibility index (Phi) is 3.69. The van der Waals surface area contributed by atoms with Crippen molar-refractivity contribution in [3.63, 3.8) is 0 Å². The van der Waals surface area contributed by atoms with E-state index in [1.165, 1.54) is 0 Å². The van der Waals surface area contributed by atoms with E-state index in [4.69, 9.17) is 5.11 Å². The summed E-state index contributed by atoms with van der Waals surface area (Å²) < 4.78 is 0. The van der Waals surface area contributed by atoms with E-state index in [0.29, 0.717) is 19.4 Å². The maximum Gasteiger partial charge on any atom is 0.405 e. The molecule has 18 heavy (non-hydrogen) atoms. The molecule has 0 aromatic rings. The number of carboxylic acid groups (broad SMARTS) is 1. The van der Waals surface area contributed by atoms with Crippen LogP contribution < -0.4 is 10.6 Å².